The van der Waals surface area contributed by atoms with Crippen LogP contribution in [0.5, 0.6) is 0 Å². The molecule has 4 aromatic rings. The number of carbonyl (C=O) groups is 1. The summed E-state index contributed by atoms with van der Waals surface area (Å²) in [6, 6.07) is 35.3. The first-order chi connectivity index (χ1) is 16.7. The predicted molar refractivity (Wildman–Crippen MR) is 135 cm³/mol. The highest BCUT2D eigenvalue weighted by molar-refractivity contribution is 5.86. The molecule has 0 aliphatic heterocycles. The molecule has 1 aliphatic rings. The molecule has 34 heavy (non-hydrogen) atoms. The Morgan fingerprint density at radius 3 is 1.71 bits per heavy atom. The van der Waals surface area contributed by atoms with Gasteiger partial charge < -0.3 is 10.1 Å². The van der Waals surface area contributed by atoms with E-state index in [1.165, 1.54) is 0 Å². The van der Waals surface area contributed by atoms with Crippen molar-refractivity contribution in [1.29, 1.82) is 0 Å². The molecule has 0 bridgehead atoms. The third-order valence-electron chi connectivity index (χ3n) is 6.67. The van der Waals surface area contributed by atoms with Gasteiger partial charge in [0.05, 0.1) is 12.0 Å². The lowest BCUT2D eigenvalue weighted by molar-refractivity contribution is -0.146. The van der Waals surface area contributed by atoms with Gasteiger partial charge in [-0.05, 0) is 48.1 Å². The van der Waals surface area contributed by atoms with Crippen LogP contribution in [0.25, 0.3) is 0 Å². The molecule has 0 atom stereocenters. The highest BCUT2D eigenvalue weighted by Crippen LogP contribution is 2.49. The fourth-order valence-electron chi connectivity index (χ4n) is 4.73. The second-order valence-corrected chi connectivity index (χ2v) is 8.71. The van der Waals surface area contributed by atoms with Crippen molar-refractivity contribution >= 4 is 11.8 Å². The van der Waals surface area contributed by atoms with E-state index in [0.717, 1.165) is 40.9 Å². The number of aromatic nitrogens is 1. The number of ether oxygens (including phenoxy) is 1. The number of hydrogen-bond acceptors (Lipinski definition) is 4. The monoisotopic (exact) mass is 448 g/mol. The molecule has 0 unspecified atom stereocenters. The molecule has 1 aliphatic carbocycles. The molecule has 0 spiro atoms. The van der Waals surface area contributed by atoms with Gasteiger partial charge in [-0.15, -0.1) is 0 Å². The predicted octanol–water partition coefficient (Wildman–Crippen LogP) is 6.08. The Morgan fingerprint density at radius 1 is 0.824 bits per heavy atom. The minimum atomic E-state index is -0.642. The molecule has 0 saturated heterocycles. The van der Waals surface area contributed by atoms with E-state index in [2.05, 4.69) is 78.1 Å². The quantitative estimate of drug-likeness (QED) is 0.262. The number of pyridine rings is 1. The Morgan fingerprint density at radius 2 is 1.32 bits per heavy atom. The van der Waals surface area contributed by atoms with Crippen molar-refractivity contribution in [2.24, 2.45) is 0 Å². The van der Waals surface area contributed by atoms with Crippen molar-refractivity contribution in [1.82, 2.24) is 4.98 Å². The molecule has 0 amide bonds. The van der Waals surface area contributed by atoms with Crippen molar-refractivity contribution in [3.8, 4) is 0 Å². The molecular formula is C30H28N2O2. The van der Waals surface area contributed by atoms with Crippen molar-refractivity contribution in [2.45, 2.75) is 30.7 Å². The van der Waals surface area contributed by atoms with Crippen molar-refractivity contribution in [3.63, 3.8) is 0 Å². The van der Waals surface area contributed by atoms with E-state index in [0.29, 0.717) is 6.61 Å². The van der Waals surface area contributed by atoms with Crippen LogP contribution in [0.4, 0.5) is 5.82 Å². The highest BCUT2D eigenvalue weighted by Gasteiger charge is 2.53. The molecule has 4 nitrogen and oxygen atoms in total. The number of rotatable bonds is 8. The van der Waals surface area contributed by atoms with Crippen LogP contribution < -0.4 is 5.32 Å². The molecule has 1 fully saturated rings. The minimum Gasteiger partial charge on any atom is -0.465 e. The van der Waals surface area contributed by atoms with Gasteiger partial charge >= 0.3 is 5.97 Å². The average Bonchev–Trinajstić information content (AvgIpc) is 3.72. The highest BCUT2D eigenvalue weighted by atomic mass is 16.5. The van der Waals surface area contributed by atoms with E-state index in [-0.39, 0.29) is 5.97 Å². The molecule has 1 saturated carbocycles. The fourth-order valence-corrected chi connectivity index (χ4v) is 4.73. The summed E-state index contributed by atoms with van der Waals surface area (Å²) in [6.07, 6.45) is 3.43. The standard InChI is InChI=1S/C30H28N2O2/c1-2-34-28(33)29(20-21-29)26-18-19-27(31-22-26)32-30(23-12-6-3-7-13-23,24-14-8-4-9-15-24)25-16-10-5-11-17-25/h3-19,22H,2,20-21H2,1H3,(H,31,32). The number of benzene rings is 3. The first kappa shape index (κ1) is 21.9. The molecule has 3 aromatic carbocycles. The number of nitrogens with zero attached hydrogens (tertiary/aromatic N) is 1. The van der Waals surface area contributed by atoms with Crippen molar-refractivity contribution < 1.29 is 9.53 Å². The Hall–Kier alpha value is -3.92. The zero-order chi connectivity index (χ0) is 23.4. The lowest BCUT2D eigenvalue weighted by atomic mass is 9.77. The van der Waals surface area contributed by atoms with E-state index in [9.17, 15) is 4.79 Å². The first-order valence-corrected chi connectivity index (χ1v) is 11.8. The van der Waals surface area contributed by atoms with Gasteiger partial charge in [-0.1, -0.05) is 97.1 Å². The summed E-state index contributed by atoms with van der Waals surface area (Å²) in [5.41, 5.74) is 3.09. The first-order valence-electron chi connectivity index (χ1n) is 11.8. The third kappa shape index (κ3) is 3.86. The van der Waals surface area contributed by atoms with E-state index < -0.39 is 11.0 Å². The van der Waals surface area contributed by atoms with Gasteiger partial charge in [0.1, 0.15) is 11.4 Å². The number of esters is 1. The van der Waals surface area contributed by atoms with Gasteiger partial charge in [0.2, 0.25) is 0 Å². The Balaban J connectivity index is 1.59. The van der Waals surface area contributed by atoms with Gasteiger partial charge in [0.15, 0.2) is 0 Å². The lowest BCUT2D eigenvalue weighted by Crippen LogP contribution is -2.38. The molecule has 1 N–H and O–H groups in total. The molecule has 1 heterocycles. The summed E-state index contributed by atoms with van der Waals surface area (Å²) in [6.45, 7) is 2.23. The summed E-state index contributed by atoms with van der Waals surface area (Å²) >= 11 is 0. The Kier molecular flexibility index (Phi) is 5.89. The van der Waals surface area contributed by atoms with Crippen LogP contribution in [0.2, 0.25) is 0 Å². The van der Waals surface area contributed by atoms with Crippen LogP contribution >= 0.6 is 0 Å². The zero-order valence-corrected chi connectivity index (χ0v) is 19.3. The van der Waals surface area contributed by atoms with Crippen LogP contribution in [0.15, 0.2) is 109 Å². The van der Waals surface area contributed by atoms with Gasteiger partial charge in [-0.25, -0.2) is 4.98 Å². The number of hydrogen-bond donors (Lipinski definition) is 1. The second-order valence-electron chi connectivity index (χ2n) is 8.71. The number of carbonyl (C=O) groups excluding carboxylic acids is 1. The smallest absolute Gasteiger partial charge is 0.316 e. The molecule has 4 heteroatoms. The Labute approximate surface area is 200 Å². The second kappa shape index (κ2) is 9.14. The van der Waals surface area contributed by atoms with Crippen molar-refractivity contribution in [2.75, 3.05) is 11.9 Å². The fraction of sp³-hybridized carbons (Fsp3) is 0.200. The normalized spacial score (nSPS) is 14.3. The maximum atomic E-state index is 12.5. The van der Waals surface area contributed by atoms with Crippen LogP contribution in [-0.4, -0.2) is 17.6 Å². The summed E-state index contributed by atoms with van der Waals surface area (Å²) in [5.74, 6) is 0.588. The van der Waals surface area contributed by atoms with Crippen molar-refractivity contribution in [3.05, 3.63) is 132 Å². The molecule has 1 aromatic heterocycles. The summed E-state index contributed by atoms with van der Waals surface area (Å²) in [7, 11) is 0. The Bertz CT molecular complexity index is 1140. The van der Waals surface area contributed by atoms with Crippen LogP contribution in [0, 0.1) is 0 Å². The molecule has 170 valence electrons. The molecule has 5 rings (SSSR count). The van der Waals surface area contributed by atoms with Crippen LogP contribution in [0.1, 0.15) is 42.0 Å². The minimum absolute atomic E-state index is 0.148. The van der Waals surface area contributed by atoms with Crippen LogP contribution in [0.3, 0.4) is 0 Å². The average molecular weight is 449 g/mol. The van der Waals surface area contributed by atoms with Crippen LogP contribution in [-0.2, 0) is 20.5 Å². The molecule has 0 radical (unpaired) electrons. The number of nitrogens with one attached hydrogen (secondary N) is 1. The zero-order valence-electron chi connectivity index (χ0n) is 19.3. The largest absolute Gasteiger partial charge is 0.465 e. The van der Waals surface area contributed by atoms with E-state index >= 15 is 0 Å². The number of anilines is 1. The van der Waals surface area contributed by atoms with E-state index in [1.54, 1.807) is 0 Å². The summed E-state index contributed by atoms with van der Waals surface area (Å²) < 4.78 is 5.33. The maximum absolute atomic E-state index is 12.5. The lowest BCUT2D eigenvalue weighted by Gasteiger charge is -2.37. The summed E-state index contributed by atoms with van der Waals surface area (Å²) in [5, 5.41) is 3.77. The van der Waals surface area contributed by atoms with Gasteiger partial charge in [-0.3, -0.25) is 4.79 Å². The van der Waals surface area contributed by atoms with Gasteiger partial charge in [0, 0.05) is 6.20 Å². The third-order valence-corrected chi connectivity index (χ3v) is 6.67. The topological polar surface area (TPSA) is 51.2 Å². The van der Waals surface area contributed by atoms with Gasteiger partial charge in [-0.2, -0.15) is 0 Å². The summed E-state index contributed by atoms with van der Waals surface area (Å²) in [4.78, 5) is 17.3. The van der Waals surface area contributed by atoms with E-state index in [4.69, 9.17) is 9.72 Å². The van der Waals surface area contributed by atoms with Gasteiger partial charge in [0.25, 0.3) is 0 Å². The maximum Gasteiger partial charge on any atom is 0.316 e. The SMILES string of the molecule is CCOC(=O)C1(c2ccc(NC(c3ccccc3)(c3ccccc3)c3ccccc3)nc2)CC1. The molecular weight excluding hydrogens is 420 g/mol. The van der Waals surface area contributed by atoms with E-state index in [1.807, 2.05) is 43.5 Å².